The van der Waals surface area contributed by atoms with Crippen molar-refractivity contribution in [3.8, 4) is 17.1 Å². The van der Waals surface area contributed by atoms with E-state index in [4.69, 9.17) is 21.4 Å². The SMILES string of the molecule is CC.Nc1ncccc1-c1nc2ccc(C3CC3)nc2n1-c1ccc(CN2CCC(N)CC2)cc1. The van der Waals surface area contributed by atoms with E-state index in [0.717, 1.165) is 66.4 Å². The van der Waals surface area contributed by atoms with Crippen LogP contribution in [0.4, 0.5) is 5.82 Å². The molecule has 7 nitrogen and oxygen atoms in total. The fraction of sp³-hybridized carbons (Fsp3) is 0.393. The van der Waals surface area contributed by atoms with Crippen molar-refractivity contribution in [3.05, 3.63) is 66.0 Å². The summed E-state index contributed by atoms with van der Waals surface area (Å²) in [5, 5.41) is 0. The Labute approximate surface area is 207 Å². The molecule has 2 fully saturated rings. The number of nitrogen functional groups attached to an aromatic ring is 1. The van der Waals surface area contributed by atoms with Crippen molar-refractivity contribution in [2.75, 3.05) is 18.8 Å². The molecule has 6 rings (SSSR count). The van der Waals surface area contributed by atoms with Gasteiger partial charge in [-0.3, -0.25) is 9.47 Å². The highest BCUT2D eigenvalue weighted by Crippen LogP contribution is 2.40. The van der Waals surface area contributed by atoms with Gasteiger partial charge in [0.1, 0.15) is 11.3 Å². The third kappa shape index (κ3) is 4.92. The summed E-state index contributed by atoms with van der Waals surface area (Å²) in [6.07, 6.45) is 6.28. The predicted molar refractivity (Wildman–Crippen MR) is 142 cm³/mol. The molecule has 7 heteroatoms. The number of aromatic nitrogens is 4. The number of rotatable bonds is 5. The van der Waals surface area contributed by atoms with Gasteiger partial charge in [0.2, 0.25) is 0 Å². The molecule has 2 aliphatic rings. The fourth-order valence-electron chi connectivity index (χ4n) is 4.73. The number of imidazole rings is 1. The summed E-state index contributed by atoms with van der Waals surface area (Å²) in [5.74, 6) is 1.81. The van der Waals surface area contributed by atoms with Gasteiger partial charge in [-0.25, -0.2) is 15.0 Å². The van der Waals surface area contributed by atoms with Crippen molar-refractivity contribution in [1.82, 2.24) is 24.4 Å². The molecule has 1 aliphatic carbocycles. The van der Waals surface area contributed by atoms with E-state index in [1.807, 2.05) is 26.0 Å². The highest BCUT2D eigenvalue weighted by Gasteiger charge is 2.26. The lowest BCUT2D eigenvalue weighted by atomic mass is 10.1. The van der Waals surface area contributed by atoms with Crippen LogP contribution in [0, 0.1) is 0 Å². The Morgan fingerprint density at radius 1 is 0.914 bits per heavy atom. The minimum Gasteiger partial charge on any atom is -0.383 e. The number of fused-ring (bicyclic) bond motifs is 1. The second kappa shape index (κ2) is 10.1. The minimum absolute atomic E-state index is 0.351. The van der Waals surface area contributed by atoms with Crippen LogP contribution in [0.2, 0.25) is 0 Å². The van der Waals surface area contributed by atoms with Crippen molar-refractivity contribution < 1.29 is 0 Å². The number of hydrogen-bond donors (Lipinski definition) is 2. The Hall–Kier alpha value is -3.29. The van der Waals surface area contributed by atoms with Gasteiger partial charge in [-0.2, -0.15) is 0 Å². The molecule has 0 spiro atoms. The first-order valence-corrected chi connectivity index (χ1v) is 12.8. The van der Waals surface area contributed by atoms with E-state index >= 15 is 0 Å². The van der Waals surface area contributed by atoms with Crippen LogP contribution in [0.5, 0.6) is 0 Å². The zero-order chi connectivity index (χ0) is 24.4. The van der Waals surface area contributed by atoms with Crippen LogP contribution in [-0.2, 0) is 6.54 Å². The number of nitrogens with two attached hydrogens (primary N) is 2. The molecular weight excluding hydrogens is 434 g/mol. The topological polar surface area (TPSA) is 98.9 Å². The zero-order valence-corrected chi connectivity index (χ0v) is 20.7. The van der Waals surface area contributed by atoms with Crippen molar-refractivity contribution in [2.45, 2.75) is 58.0 Å². The average Bonchev–Trinajstić information content (AvgIpc) is 3.68. The van der Waals surface area contributed by atoms with Crippen LogP contribution in [0.25, 0.3) is 28.2 Å². The van der Waals surface area contributed by atoms with Gasteiger partial charge in [-0.15, -0.1) is 0 Å². The summed E-state index contributed by atoms with van der Waals surface area (Å²) in [5.41, 5.74) is 18.3. The normalized spacial score (nSPS) is 16.8. The molecule has 4 heterocycles. The maximum atomic E-state index is 6.25. The lowest BCUT2D eigenvalue weighted by molar-refractivity contribution is 0.205. The molecule has 1 aliphatic heterocycles. The van der Waals surface area contributed by atoms with Crippen LogP contribution in [0.3, 0.4) is 0 Å². The van der Waals surface area contributed by atoms with Gasteiger partial charge >= 0.3 is 0 Å². The van der Waals surface area contributed by atoms with E-state index in [-0.39, 0.29) is 0 Å². The molecule has 1 aromatic carbocycles. The van der Waals surface area contributed by atoms with Crippen LogP contribution < -0.4 is 11.5 Å². The molecule has 182 valence electrons. The predicted octanol–water partition coefficient (Wildman–Crippen LogP) is 4.89. The Morgan fingerprint density at radius 3 is 2.34 bits per heavy atom. The van der Waals surface area contributed by atoms with Crippen molar-refractivity contribution in [3.63, 3.8) is 0 Å². The quantitative estimate of drug-likeness (QED) is 0.432. The van der Waals surface area contributed by atoms with Gasteiger partial charge in [0.25, 0.3) is 0 Å². The van der Waals surface area contributed by atoms with E-state index in [1.54, 1.807) is 6.20 Å². The summed E-state index contributed by atoms with van der Waals surface area (Å²) < 4.78 is 2.12. The first-order chi connectivity index (χ1) is 17.2. The monoisotopic (exact) mass is 469 g/mol. The molecule has 1 saturated carbocycles. The molecule has 0 amide bonds. The van der Waals surface area contributed by atoms with Crippen LogP contribution in [0.15, 0.2) is 54.7 Å². The average molecular weight is 470 g/mol. The Bertz CT molecular complexity index is 1280. The smallest absolute Gasteiger partial charge is 0.165 e. The number of nitrogens with zero attached hydrogens (tertiary/aromatic N) is 5. The highest BCUT2D eigenvalue weighted by atomic mass is 15.1. The van der Waals surface area contributed by atoms with Gasteiger partial charge in [-0.05, 0) is 80.7 Å². The largest absolute Gasteiger partial charge is 0.383 e. The summed E-state index contributed by atoms with van der Waals surface area (Å²) in [6, 6.07) is 17.1. The van der Waals surface area contributed by atoms with Gasteiger partial charge in [0.05, 0.1) is 5.56 Å². The highest BCUT2D eigenvalue weighted by molar-refractivity contribution is 5.83. The molecule has 0 radical (unpaired) electrons. The van der Waals surface area contributed by atoms with E-state index < -0.39 is 0 Å². The second-order valence-electron chi connectivity index (χ2n) is 9.34. The third-order valence-electron chi connectivity index (χ3n) is 6.83. The lowest BCUT2D eigenvalue weighted by Crippen LogP contribution is -2.39. The van der Waals surface area contributed by atoms with Gasteiger partial charge in [-0.1, -0.05) is 26.0 Å². The molecule has 35 heavy (non-hydrogen) atoms. The van der Waals surface area contributed by atoms with Gasteiger partial charge in [0, 0.05) is 36.1 Å². The van der Waals surface area contributed by atoms with E-state index in [0.29, 0.717) is 17.8 Å². The molecular formula is C28H35N7. The summed E-state index contributed by atoms with van der Waals surface area (Å²) >= 11 is 0. The zero-order valence-electron chi connectivity index (χ0n) is 20.7. The van der Waals surface area contributed by atoms with Crippen LogP contribution in [-0.4, -0.2) is 43.6 Å². The maximum Gasteiger partial charge on any atom is 0.165 e. The molecule has 1 saturated heterocycles. The van der Waals surface area contributed by atoms with E-state index in [9.17, 15) is 0 Å². The van der Waals surface area contributed by atoms with Crippen LogP contribution >= 0.6 is 0 Å². The Kier molecular flexibility index (Phi) is 6.79. The molecule has 4 N–H and O–H groups in total. The van der Waals surface area contributed by atoms with Crippen molar-refractivity contribution in [1.29, 1.82) is 0 Å². The number of pyridine rings is 2. The number of piperidine rings is 1. The lowest BCUT2D eigenvalue weighted by Gasteiger charge is -2.30. The van der Waals surface area contributed by atoms with E-state index in [1.165, 1.54) is 18.4 Å². The summed E-state index contributed by atoms with van der Waals surface area (Å²) in [6.45, 7) is 7.07. The first kappa shape index (κ1) is 23.5. The molecule has 0 bridgehead atoms. The Balaban J connectivity index is 0.00000124. The first-order valence-electron chi connectivity index (χ1n) is 12.8. The van der Waals surface area contributed by atoms with Gasteiger partial charge in [0.15, 0.2) is 11.5 Å². The summed E-state index contributed by atoms with van der Waals surface area (Å²) in [7, 11) is 0. The molecule has 4 aromatic rings. The number of benzene rings is 1. The fourth-order valence-corrected chi connectivity index (χ4v) is 4.73. The number of likely N-dealkylation sites (tertiary alicyclic amines) is 1. The molecule has 0 unspecified atom stereocenters. The van der Waals surface area contributed by atoms with Gasteiger partial charge < -0.3 is 11.5 Å². The van der Waals surface area contributed by atoms with Crippen molar-refractivity contribution in [2.24, 2.45) is 5.73 Å². The summed E-state index contributed by atoms with van der Waals surface area (Å²) in [4.78, 5) is 16.7. The maximum absolute atomic E-state index is 6.25. The third-order valence-corrected chi connectivity index (χ3v) is 6.83. The molecule has 3 aromatic heterocycles. The second-order valence-corrected chi connectivity index (χ2v) is 9.34. The molecule has 0 atom stereocenters. The minimum atomic E-state index is 0.351. The van der Waals surface area contributed by atoms with Crippen LogP contribution in [0.1, 0.15) is 56.7 Å². The Morgan fingerprint density at radius 2 is 1.66 bits per heavy atom. The van der Waals surface area contributed by atoms with Crippen molar-refractivity contribution >= 4 is 17.0 Å². The number of hydrogen-bond acceptors (Lipinski definition) is 6. The number of anilines is 1. The standard InChI is InChI=1S/C26H29N7.C2H6/c27-19-11-14-32(15-12-19)16-17-3-7-20(8-4-17)33-25(21-2-1-13-29-24(21)28)31-23-10-9-22(18-5-6-18)30-26(23)33;1-2/h1-4,7-10,13,18-19H,5-6,11-12,14-16,27H2,(H2,28,29);1-2H3. The van der Waals surface area contributed by atoms with E-state index in [2.05, 4.69) is 50.8 Å².